The van der Waals surface area contributed by atoms with Crippen LogP contribution >= 0.6 is 0 Å². The first-order valence-electron chi connectivity index (χ1n) is 11.4. The van der Waals surface area contributed by atoms with Crippen LogP contribution in [0.2, 0.25) is 0 Å². The van der Waals surface area contributed by atoms with Crippen molar-refractivity contribution >= 4 is 0 Å². The first kappa shape index (κ1) is 24.9. The molecule has 1 aliphatic rings. The SMILES string of the molecule is C=CC[N+]1(C[C@H](O)COc2ccc(C(C)(C)CC(C)(C)C)cc2)C[C@H](C)O[C@@H](C)C1. The van der Waals surface area contributed by atoms with Crippen LogP contribution in [0.15, 0.2) is 36.9 Å². The monoisotopic (exact) mass is 418 g/mol. The van der Waals surface area contributed by atoms with E-state index < -0.39 is 6.10 Å². The number of hydrogen-bond donors (Lipinski definition) is 1. The average molecular weight is 419 g/mol. The summed E-state index contributed by atoms with van der Waals surface area (Å²) in [5, 5.41) is 10.7. The van der Waals surface area contributed by atoms with Crippen molar-refractivity contribution < 1.29 is 19.1 Å². The largest absolute Gasteiger partial charge is 0.491 e. The maximum Gasteiger partial charge on any atom is 0.137 e. The minimum atomic E-state index is -0.528. The molecule has 1 aromatic carbocycles. The minimum absolute atomic E-state index is 0.112. The quantitative estimate of drug-likeness (QED) is 0.455. The highest BCUT2D eigenvalue weighted by Crippen LogP contribution is 2.36. The van der Waals surface area contributed by atoms with Gasteiger partial charge in [0.2, 0.25) is 0 Å². The van der Waals surface area contributed by atoms with Crippen LogP contribution < -0.4 is 4.74 Å². The summed E-state index contributed by atoms with van der Waals surface area (Å²) in [5.41, 5.74) is 1.71. The zero-order valence-electron chi connectivity index (χ0n) is 20.3. The van der Waals surface area contributed by atoms with Crippen LogP contribution in [0.5, 0.6) is 5.75 Å². The summed E-state index contributed by atoms with van der Waals surface area (Å²) in [4.78, 5) is 0. The van der Waals surface area contributed by atoms with Gasteiger partial charge in [0.25, 0.3) is 0 Å². The molecule has 3 atom stereocenters. The van der Waals surface area contributed by atoms with Crippen LogP contribution in [0.25, 0.3) is 0 Å². The van der Waals surface area contributed by atoms with Gasteiger partial charge in [0.05, 0.1) is 6.54 Å². The second-order valence-electron chi connectivity index (χ2n) is 11.2. The van der Waals surface area contributed by atoms with Crippen LogP contribution in [0.3, 0.4) is 0 Å². The van der Waals surface area contributed by atoms with Gasteiger partial charge in [-0.25, -0.2) is 0 Å². The number of aliphatic hydroxyl groups is 1. The van der Waals surface area contributed by atoms with Gasteiger partial charge in [-0.15, -0.1) is 0 Å². The summed E-state index contributed by atoms with van der Waals surface area (Å²) in [6.45, 7) is 23.2. The summed E-state index contributed by atoms with van der Waals surface area (Å²) in [6.07, 6.45) is 2.91. The molecule has 1 N–H and O–H groups in total. The molecule has 0 saturated carbocycles. The molecular formula is C26H44NO3+. The number of morpholine rings is 1. The standard InChI is InChI=1S/C26H44NO3/c1-9-14-27(15-20(2)30-21(3)16-27)17-23(28)18-29-24-12-10-22(11-13-24)26(7,8)19-25(4,5)6/h9-13,20-21,23,28H,1,14-19H2,2-8H3/q+1/t20-,21-,23-/m0/s1. The zero-order chi connectivity index (χ0) is 22.6. The smallest absolute Gasteiger partial charge is 0.137 e. The van der Waals surface area contributed by atoms with Crippen molar-refractivity contribution in [3.05, 3.63) is 42.5 Å². The zero-order valence-corrected chi connectivity index (χ0v) is 20.3. The van der Waals surface area contributed by atoms with E-state index in [1.807, 2.05) is 18.2 Å². The molecule has 1 saturated heterocycles. The second-order valence-corrected chi connectivity index (χ2v) is 11.2. The molecule has 0 amide bonds. The molecule has 0 aromatic heterocycles. The maximum absolute atomic E-state index is 10.7. The Labute approximate surface area is 184 Å². The second kappa shape index (κ2) is 9.84. The van der Waals surface area contributed by atoms with Crippen molar-refractivity contribution in [1.29, 1.82) is 0 Å². The lowest BCUT2D eigenvalue weighted by molar-refractivity contribution is -0.938. The average Bonchev–Trinajstić information content (AvgIpc) is 2.57. The topological polar surface area (TPSA) is 38.7 Å². The van der Waals surface area contributed by atoms with Gasteiger partial charge in [0, 0.05) is 0 Å². The van der Waals surface area contributed by atoms with E-state index in [0.29, 0.717) is 13.2 Å². The third kappa shape index (κ3) is 7.40. The molecule has 4 nitrogen and oxygen atoms in total. The van der Waals surface area contributed by atoms with E-state index in [2.05, 4.69) is 67.2 Å². The molecule has 2 rings (SSSR count). The Hall–Kier alpha value is -1.36. The fourth-order valence-corrected chi connectivity index (χ4v) is 5.42. The number of nitrogens with zero attached hydrogens (tertiary/aromatic N) is 1. The summed E-state index contributed by atoms with van der Waals surface area (Å²) in [6, 6.07) is 8.37. The Bertz CT molecular complexity index is 665. The number of aliphatic hydroxyl groups excluding tert-OH is 1. The summed E-state index contributed by atoms with van der Waals surface area (Å²) in [5.74, 6) is 0.809. The molecule has 1 fully saturated rings. The maximum atomic E-state index is 10.7. The Morgan fingerprint density at radius 1 is 1.13 bits per heavy atom. The molecule has 1 aliphatic heterocycles. The first-order chi connectivity index (χ1) is 13.8. The van der Waals surface area contributed by atoms with E-state index in [1.165, 1.54) is 5.56 Å². The van der Waals surface area contributed by atoms with Gasteiger partial charge < -0.3 is 19.1 Å². The molecular weight excluding hydrogens is 374 g/mol. The lowest BCUT2D eigenvalue weighted by atomic mass is 9.72. The summed E-state index contributed by atoms with van der Waals surface area (Å²) in [7, 11) is 0. The fourth-order valence-electron chi connectivity index (χ4n) is 5.42. The molecule has 0 aliphatic carbocycles. The highest BCUT2D eigenvalue weighted by Gasteiger charge is 2.38. The minimum Gasteiger partial charge on any atom is -0.491 e. The Kier molecular flexibility index (Phi) is 8.17. The molecule has 1 heterocycles. The Balaban J connectivity index is 1.95. The predicted molar refractivity (Wildman–Crippen MR) is 125 cm³/mol. The Morgan fingerprint density at radius 2 is 1.70 bits per heavy atom. The van der Waals surface area contributed by atoms with Gasteiger partial charge in [-0.3, -0.25) is 0 Å². The van der Waals surface area contributed by atoms with Gasteiger partial charge in [0.1, 0.15) is 50.3 Å². The molecule has 30 heavy (non-hydrogen) atoms. The highest BCUT2D eigenvalue weighted by molar-refractivity contribution is 5.31. The van der Waals surface area contributed by atoms with Crippen molar-refractivity contribution in [3.63, 3.8) is 0 Å². The van der Waals surface area contributed by atoms with E-state index in [-0.39, 0.29) is 23.0 Å². The van der Waals surface area contributed by atoms with E-state index >= 15 is 0 Å². The third-order valence-electron chi connectivity index (χ3n) is 5.92. The molecule has 0 unspecified atom stereocenters. The molecule has 0 spiro atoms. The van der Waals surface area contributed by atoms with Crippen LogP contribution in [-0.4, -0.2) is 60.7 Å². The van der Waals surface area contributed by atoms with Crippen molar-refractivity contribution in [2.75, 3.05) is 32.8 Å². The van der Waals surface area contributed by atoms with E-state index in [1.54, 1.807) is 0 Å². The molecule has 170 valence electrons. The molecule has 0 radical (unpaired) electrons. The van der Waals surface area contributed by atoms with Crippen molar-refractivity contribution in [2.45, 2.75) is 78.6 Å². The molecule has 1 aromatic rings. The third-order valence-corrected chi connectivity index (χ3v) is 5.92. The Morgan fingerprint density at radius 3 is 2.20 bits per heavy atom. The predicted octanol–water partition coefficient (Wildman–Crippen LogP) is 4.95. The van der Waals surface area contributed by atoms with Crippen molar-refractivity contribution in [1.82, 2.24) is 0 Å². The fraction of sp³-hybridized carbons (Fsp3) is 0.692. The van der Waals surface area contributed by atoms with Crippen LogP contribution in [0.1, 0.15) is 60.5 Å². The van der Waals surface area contributed by atoms with Gasteiger partial charge in [0.15, 0.2) is 0 Å². The lowest BCUT2D eigenvalue weighted by Gasteiger charge is -2.46. The molecule has 0 bridgehead atoms. The van der Waals surface area contributed by atoms with Gasteiger partial charge >= 0.3 is 0 Å². The van der Waals surface area contributed by atoms with Crippen molar-refractivity contribution in [2.24, 2.45) is 5.41 Å². The van der Waals surface area contributed by atoms with E-state index in [0.717, 1.165) is 36.3 Å². The normalized spacial score (nSPS) is 26.3. The number of rotatable bonds is 9. The van der Waals surface area contributed by atoms with E-state index in [9.17, 15) is 5.11 Å². The van der Waals surface area contributed by atoms with Crippen LogP contribution in [-0.2, 0) is 10.2 Å². The number of quaternary nitrogens is 1. The highest BCUT2D eigenvalue weighted by atomic mass is 16.5. The van der Waals surface area contributed by atoms with Crippen LogP contribution in [0, 0.1) is 5.41 Å². The molecule has 4 heteroatoms. The van der Waals surface area contributed by atoms with Gasteiger partial charge in [-0.05, 0) is 54.9 Å². The van der Waals surface area contributed by atoms with Gasteiger partial charge in [-0.1, -0.05) is 53.3 Å². The number of hydrogen-bond acceptors (Lipinski definition) is 3. The van der Waals surface area contributed by atoms with Crippen molar-refractivity contribution in [3.8, 4) is 5.75 Å². The first-order valence-corrected chi connectivity index (χ1v) is 11.4. The summed E-state index contributed by atoms with van der Waals surface area (Å²) < 4.78 is 12.6. The number of benzene rings is 1. The lowest BCUT2D eigenvalue weighted by Crippen LogP contribution is -2.62. The van der Waals surface area contributed by atoms with Gasteiger partial charge in [-0.2, -0.15) is 0 Å². The summed E-state index contributed by atoms with van der Waals surface area (Å²) >= 11 is 0. The van der Waals surface area contributed by atoms with Crippen LogP contribution in [0.4, 0.5) is 0 Å². The van der Waals surface area contributed by atoms with E-state index in [4.69, 9.17) is 9.47 Å². The number of ether oxygens (including phenoxy) is 2.